The number of fused-ring (bicyclic) bond motifs is 2. The monoisotopic (exact) mass is 325 g/mol. The highest BCUT2D eigenvalue weighted by atomic mass is 19.1. The van der Waals surface area contributed by atoms with Gasteiger partial charge in [0, 0.05) is 41.6 Å². The number of hydrogen-bond acceptors (Lipinski definition) is 5. The minimum atomic E-state index is -0.421. The lowest BCUT2D eigenvalue weighted by Crippen LogP contribution is -2.10. The Kier molecular flexibility index (Phi) is 3.37. The maximum absolute atomic E-state index is 14.1. The summed E-state index contributed by atoms with van der Waals surface area (Å²) in [6.45, 7) is 5.04. The maximum Gasteiger partial charge on any atom is 0.224 e. The van der Waals surface area contributed by atoms with Gasteiger partial charge < -0.3 is 10.3 Å². The minimum absolute atomic E-state index is 0.204. The number of anilines is 1. The van der Waals surface area contributed by atoms with Crippen LogP contribution in [0.2, 0.25) is 0 Å². The second-order valence-electron chi connectivity index (χ2n) is 6.04. The number of halogens is 1. The van der Waals surface area contributed by atoms with Gasteiger partial charge in [-0.1, -0.05) is 13.8 Å². The van der Waals surface area contributed by atoms with Crippen LogP contribution in [-0.4, -0.2) is 36.1 Å². The van der Waals surface area contributed by atoms with E-state index < -0.39 is 5.82 Å². The predicted octanol–water partition coefficient (Wildman–Crippen LogP) is 2.87. The summed E-state index contributed by atoms with van der Waals surface area (Å²) in [5, 5.41) is 8.01. The zero-order valence-corrected chi connectivity index (χ0v) is 13.3. The van der Waals surface area contributed by atoms with Gasteiger partial charge in [0.1, 0.15) is 12.0 Å². The van der Waals surface area contributed by atoms with Crippen LogP contribution in [0.5, 0.6) is 0 Å². The molecule has 24 heavy (non-hydrogen) atoms. The normalized spacial score (nSPS) is 11.7. The molecule has 0 radical (unpaired) electrons. The summed E-state index contributed by atoms with van der Waals surface area (Å²) in [7, 11) is 0. The number of pyridine rings is 1. The first-order valence-corrected chi connectivity index (χ1v) is 7.69. The van der Waals surface area contributed by atoms with E-state index >= 15 is 0 Å². The molecule has 7 nitrogen and oxygen atoms in total. The summed E-state index contributed by atoms with van der Waals surface area (Å²) < 4.78 is 15.6. The third-order valence-corrected chi connectivity index (χ3v) is 3.74. The smallest absolute Gasteiger partial charge is 0.224 e. The summed E-state index contributed by atoms with van der Waals surface area (Å²) in [4.78, 5) is 15.8. The van der Waals surface area contributed by atoms with Gasteiger partial charge in [-0.2, -0.15) is 10.1 Å². The SMILES string of the molecule is CC(C)CNc1ncc2c(-c3cc(F)c4ncnn4c3)c[nH]c2n1. The fourth-order valence-electron chi connectivity index (χ4n) is 2.56. The molecule has 4 aromatic heterocycles. The standard InChI is InChI=1S/C16H16FN7/c1-9(2)4-19-16-20-6-12-11(5-18-14(12)23-16)10-3-13(17)15-21-8-22-24(15)7-10/h3,5-9H,4H2,1-2H3,(H2,18,19,20,23). The van der Waals surface area contributed by atoms with Crippen LogP contribution in [0.25, 0.3) is 27.8 Å². The van der Waals surface area contributed by atoms with Crippen LogP contribution in [0.15, 0.2) is 31.0 Å². The molecule has 2 N–H and O–H groups in total. The van der Waals surface area contributed by atoms with Crippen molar-refractivity contribution in [3.63, 3.8) is 0 Å². The molecule has 0 amide bonds. The Balaban J connectivity index is 1.76. The Morgan fingerprint density at radius 2 is 2.21 bits per heavy atom. The first-order valence-electron chi connectivity index (χ1n) is 7.69. The molecule has 0 aliphatic carbocycles. The zero-order valence-electron chi connectivity index (χ0n) is 13.3. The topological polar surface area (TPSA) is 83.8 Å². The molecule has 0 saturated carbocycles. The molecular formula is C16H16FN7. The molecule has 8 heteroatoms. The van der Waals surface area contributed by atoms with Gasteiger partial charge in [0.15, 0.2) is 11.5 Å². The van der Waals surface area contributed by atoms with E-state index in [1.165, 1.54) is 16.9 Å². The molecule has 4 heterocycles. The molecule has 0 aromatic carbocycles. The molecule has 4 aromatic rings. The predicted molar refractivity (Wildman–Crippen MR) is 89.2 cm³/mol. The molecule has 122 valence electrons. The Morgan fingerprint density at radius 3 is 3.04 bits per heavy atom. The first-order chi connectivity index (χ1) is 11.6. The van der Waals surface area contributed by atoms with E-state index in [2.05, 4.69) is 44.2 Å². The van der Waals surface area contributed by atoms with Gasteiger partial charge in [-0.3, -0.25) is 0 Å². The zero-order chi connectivity index (χ0) is 16.7. The maximum atomic E-state index is 14.1. The number of aromatic nitrogens is 6. The Hall–Kier alpha value is -3.03. The largest absolute Gasteiger partial charge is 0.354 e. The van der Waals surface area contributed by atoms with Crippen LogP contribution >= 0.6 is 0 Å². The van der Waals surface area contributed by atoms with Gasteiger partial charge >= 0.3 is 0 Å². The van der Waals surface area contributed by atoms with Crippen molar-refractivity contribution in [2.75, 3.05) is 11.9 Å². The number of rotatable bonds is 4. The van der Waals surface area contributed by atoms with E-state index in [0.717, 1.165) is 17.5 Å². The van der Waals surface area contributed by atoms with Gasteiger partial charge in [-0.25, -0.2) is 18.9 Å². The minimum Gasteiger partial charge on any atom is -0.354 e. The lowest BCUT2D eigenvalue weighted by Gasteiger charge is -2.07. The molecule has 0 bridgehead atoms. The Bertz CT molecular complexity index is 1020. The second-order valence-corrected chi connectivity index (χ2v) is 6.04. The Morgan fingerprint density at radius 1 is 1.33 bits per heavy atom. The van der Waals surface area contributed by atoms with Crippen molar-refractivity contribution >= 4 is 22.6 Å². The van der Waals surface area contributed by atoms with E-state index in [0.29, 0.717) is 23.1 Å². The van der Waals surface area contributed by atoms with E-state index in [9.17, 15) is 4.39 Å². The summed E-state index contributed by atoms with van der Waals surface area (Å²) in [5.74, 6) is 0.652. The highest BCUT2D eigenvalue weighted by Gasteiger charge is 2.13. The van der Waals surface area contributed by atoms with Crippen LogP contribution in [0.1, 0.15) is 13.8 Å². The third kappa shape index (κ3) is 2.45. The van der Waals surface area contributed by atoms with Crippen LogP contribution in [0.3, 0.4) is 0 Å². The lowest BCUT2D eigenvalue weighted by molar-refractivity contribution is 0.628. The molecule has 0 aliphatic rings. The first kappa shape index (κ1) is 14.6. The lowest BCUT2D eigenvalue weighted by atomic mass is 10.1. The fraction of sp³-hybridized carbons (Fsp3) is 0.250. The summed E-state index contributed by atoms with van der Waals surface area (Å²) in [6, 6.07) is 1.44. The summed E-state index contributed by atoms with van der Waals surface area (Å²) in [6.07, 6.45) is 6.59. The van der Waals surface area contributed by atoms with Crippen molar-refractivity contribution in [3.8, 4) is 11.1 Å². The Labute approximate surface area is 137 Å². The third-order valence-electron chi connectivity index (χ3n) is 3.74. The number of nitrogens with one attached hydrogen (secondary N) is 2. The van der Waals surface area contributed by atoms with Crippen molar-refractivity contribution < 1.29 is 4.39 Å². The average molecular weight is 325 g/mol. The molecule has 0 spiro atoms. The highest BCUT2D eigenvalue weighted by molar-refractivity contribution is 5.93. The number of aromatic amines is 1. The number of hydrogen-bond donors (Lipinski definition) is 2. The fourth-order valence-corrected chi connectivity index (χ4v) is 2.56. The summed E-state index contributed by atoms with van der Waals surface area (Å²) >= 11 is 0. The van der Waals surface area contributed by atoms with Crippen molar-refractivity contribution in [2.24, 2.45) is 5.92 Å². The summed E-state index contributed by atoms with van der Waals surface area (Å²) in [5.41, 5.74) is 2.40. The van der Waals surface area contributed by atoms with Crippen molar-refractivity contribution in [2.45, 2.75) is 13.8 Å². The van der Waals surface area contributed by atoms with Gasteiger partial charge in [-0.15, -0.1) is 0 Å². The molecule has 0 atom stereocenters. The molecule has 0 aliphatic heterocycles. The molecule has 4 rings (SSSR count). The number of H-pyrrole nitrogens is 1. The number of nitrogens with zero attached hydrogens (tertiary/aromatic N) is 5. The van der Waals surface area contributed by atoms with Gasteiger partial charge in [0.05, 0.1) is 0 Å². The van der Waals surface area contributed by atoms with Crippen LogP contribution in [-0.2, 0) is 0 Å². The van der Waals surface area contributed by atoms with Gasteiger partial charge in [0.25, 0.3) is 0 Å². The van der Waals surface area contributed by atoms with Crippen LogP contribution < -0.4 is 5.32 Å². The molecular weight excluding hydrogens is 309 g/mol. The highest BCUT2D eigenvalue weighted by Crippen LogP contribution is 2.28. The van der Waals surface area contributed by atoms with Gasteiger partial charge in [0.2, 0.25) is 5.95 Å². The van der Waals surface area contributed by atoms with E-state index in [4.69, 9.17) is 0 Å². The van der Waals surface area contributed by atoms with Crippen molar-refractivity contribution in [1.29, 1.82) is 0 Å². The van der Waals surface area contributed by atoms with Gasteiger partial charge in [-0.05, 0) is 12.0 Å². The van der Waals surface area contributed by atoms with E-state index in [1.54, 1.807) is 18.6 Å². The van der Waals surface area contributed by atoms with E-state index in [-0.39, 0.29) is 5.65 Å². The molecule has 0 saturated heterocycles. The average Bonchev–Trinajstić information content (AvgIpc) is 3.19. The quantitative estimate of drug-likeness (QED) is 0.603. The molecule has 0 fully saturated rings. The van der Waals surface area contributed by atoms with Crippen molar-refractivity contribution in [3.05, 3.63) is 36.8 Å². The van der Waals surface area contributed by atoms with Crippen LogP contribution in [0, 0.1) is 11.7 Å². The van der Waals surface area contributed by atoms with Crippen LogP contribution in [0.4, 0.5) is 10.3 Å². The second kappa shape index (κ2) is 5.55. The van der Waals surface area contributed by atoms with Crippen molar-refractivity contribution in [1.82, 2.24) is 29.5 Å². The van der Waals surface area contributed by atoms with E-state index in [1.807, 2.05) is 0 Å². The molecule has 0 unspecified atom stereocenters.